The van der Waals surface area contributed by atoms with E-state index in [1.807, 2.05) is 34.5 Å². The Balaban J connectivity index is 1.28. The molecule has 1 aromatic heterocycles. The standard InChI is InChI=1S/C26H30N2O3S/c1-19-7-8-24(13-20(19)2)31-17-22-15-25(32-18-22)26(29)28-11-9-27(10-12-28)16-21-5-4-6-23(14-21)30-3/h4-8,13-15,18H,9-12,16-17H2,1-3H3. The Bertz CT molecular complexity index is 1070. The Kier molecular flexibility index (Phi) is 7.12. The summed E-state index contributed by atoms with van der Waals surface area (Å²) < 4.78 is 11.2. The fourth-order valence-corrected chi connectivity index (χ4v) is 4.69. The fraction of sp³-hybridized carbons (Fsp3) is 0.346. The number of carbonyl (C=O) groups is 1. The molecule has 168 valence electrons. The van der Waals surface area contributed by atoms with E-state index >= 15 is 0 Å². The molecule has 1 amide bonds. The highest BCUT2D eigenvalue weighted by Crippen LogP contribution is 2.22. The molecular formula is C26H30N2O3S. The van der Waals surface area contributed by atoms with Crippen LogP contribution in [-0.4, -0.2) is 49.0 Å². The van der Waals surface area contributed by atoms with Crippen molar-refractivity contribution in [1.29, 1.82) is 0 Å². The number of hydrogen-bond donors (Lipinski definition) is 0. The summed E-state index contributed by atoms with van der Waals surface area (Å²) in [6, 6.07) is 16.3. The van der Waals surface area contributed by atoms with E-state index in [-0.39, 0.29) is 5.91 Å². The van der Waals surface area contributed by atoms with Crippen molar-refractivity contribution in [2.24, 2.45) is 0 Å². The first-order valence-electron chi connectivity index (χ1n) is 10.9. The van der Waals surface area contributed by atoms with Crippen LogP contribution in [0.1, 0.15) is 31.9 Å². The molecule has 1 aliphatic heterocycles. The molecule has 0 saturated carbocycles. The Morgan fingerprint density at radius 3 is 2.50 bits per heavy atom. The Labute approximate surface area is 194 Å². The van der Waals surface area contributed by atoms with E-state index in [0.717, 1.165) is 54.7 Å². The molecule has 3 aromatic rings. The van der Waals surface area contributed by atoms with Gasteiger partial charge in [-0.3, -0.25) is 9.69 Å². The number of hydrogen-bond acceptors (Lipinski definition) is 5. The van der Waals surface area contributed by atoms with E-state index in [1.54, 1.807) is 7.11 Å². The molecule has 2 aromatic carbocycles. The Hall–Kier alpha value is -2.83. The van der Waals surface area contributed by atoms with Crippen molar-refractivity contribution in [3.05, 3.63) is 81.0 Å². The molecule has 1 aliphatic rings. The molecule has 5 nitrogen and oxygen atoms in total. The normalized spacial score (nSPS) is 14.4. The number of methoxy groups -OCH3 is 1. The van der Waals surface area contributed by atoms with Gasteiger partial charge >= 0.3 is 0 Å². The maximum absolute atomic E-state index is 13.0. The SMILES string of the molecule is COc1cccc(CN2CCN(C(=O)c3cc(COc4ccc(C)c(C)c4)cs3)CC2)c1. The number of amides is 1. The van der Waals surface area contributed by atoms with Gasteiger partial charge in [0.25, 0.3) is 5.91 Å². The molecule has 0 atom stereocenters. The molecule has 1 saturated heterocycles. The van der Waals surface area contributed by atoms with Gasteiger partial charge in [-0.2, -0.15) is 0 Å². The van der Waals surface area contributed by atoms with Gasteiger partial charge < -0.3 is 14.4 Å². The molecule has 4 rings (SSSR count). The average Bonchev–Trinajstić information content (AvgIpc) is 3.29. The van der Waals surface area contributed by atoms with E-state index in [4.69, 9.17) is 9.47 Å². The lowest BCUT2D eigenvalue weighted by Gasteiger charge is -2.34. The maximum atomic E-state index is 13.0. The highest BCUT2D eigenvalue weighted by atomic mass is 32.1. The summed E-state index contributed by atoms with van der Waals surface area (Å²) >= 11 is 1.50. The summed E-state index contributed by atoms with van der Waals surface area (Å²) in [6.45, 7) is 8.76. The minimum atomic E-state index is 0.119. The Morgan fingerprint density at radius 2 is 1.75 bits per heavy atom. The molecule has 0 aliphatic carbocycles. The van der Waals surface area contributed by atoms with Crippen LogP contribution in [0.2, 0.25) is 0 Å². The smallest absolute Gasteiger partial charge is 0.264 e. The summed E-state index contributed by atoms with van der Waals surface area (Å²) in [4.78, 5) is 18.1. The van der Waals surface area contributed by atoms with Crippen LogP contribution < -0.4 is 9.47 Å². The summed E-state index contributed by atoms with van der Waals surface area (Å²) in [7, 11) is 1.69. The van der Waals surface area contributed by atoms with Gasteiger partial charge in [0.15, 0.2) is 0 Å². The summed E-state index contributed by atoms with van der Waals surface area (Å²) in [5.74, 6) is 1.86. The highest BCUT2D eigenvalue weighted by Gasteiger charge is 2.23. The number of aryl methyl sites for hydroxylation is 2. The molecule has 2 heterocycles. The zero-order chi connectivity index (χ0) is 22.5. The van der Waals surface area contributed by atoms with Crippen molar-refractivity contribution < 1.29 is 14.3 Å². The second-order valence-electron chi connectivity index (χ2n) is 8.27. The van der Waals surface area contributed by atoms with Crippen LogP contribution in [0, 0.1) is 13.8 Å². The molecule has 0 spiro atoms. The van der Waals surface area contributed by atoms with E-state index in [9.17, 15) is 4.79 Å². The van der Waals surface area contributed by atoms with Crippen molar-refractivity contribution in [2.75, 3.05) is 33.3 Å². The summed E-state index contributed by atoms with van der Waals surface area (Å²) in [6.07, 6.45) is 0. The zero-order valence-electron chi connectivity index (χ0n) is 19.0. The molecular weight excluding hydrogens is 420 g/mol. The van der Waals surface area contributed by atoms with Gasteiger partial charge in [0, 0.05) is 38.3 Å². The number of carbonyl (C=O) groups excluding carboxylic acids is 1. The third-order valence-corrected chi connectivity index (χ3v) is 6.92. The summed E-state index contributed by atoms with van der Waals surface area (Å²) in [5.41, 5.74) is 4.74. The lowest BCUT2D eigenvalue weighted by atomic mass is 10.1. The van der Waals surface area contributed by atoms with Gasteiger partial charge in [-0.15, -0.1) is 11.3 Å². The molecule has 6 heteroatoms. The number of ether oxygens (including phenoxy) is 2. The van der Waals surface area contributed by atoms with Gasteiger partial charge in [-0.05, 0) is 66.2 Å². The predicted octanol–water partition coefficient (Wildman–Crippen LogP) is 4.91. The third kappa shape index (κ3) is 5.50. The lowest BCUT2D eigenvalue weighted by Crippen LogP contribution is -2.48. The molecule has 0 bridgehead atoms. The van der Waals surface area contributed by atoms with E-state index in [0.29, 0.717) is 6.61 Å². The van der Waals surface area contributed by atoms with Crippen LogP contribution in [0.3, 0.4) is 0 Å². The Morgan fingerprint density at radius 1 is 0.938 bits per heavy atom. The van der Waals surface area contributed by atoms with Gasteiger partial charge in [0.1, 0.15) is 18.1 Å². The van der Waals surface area contributed by atoms with Crippen LogP contribution in [0.25, 0.3) is 0 Å². The van der Waals surface area contributed by atoms with Gasteiger partial charge in [-0.25, -0.2) is 0 Å². The second-order valence-corrected chi connectivity index (χ2v) is 9.19. The number of piperazine rings is 1. The monoisotopic (exact) mass is 450 g/mol. The van der Waals surface area contributed by atoms with Crippen LogP contribution in [0.4, 0.5) is 0 Å². The van der Waals surface area contributed by atoms with Crippen LogP contribution in [0.5, 0.6) is 11.5 Å². The first kappa shape index (κ1) is 22.4. The molecule has 32 heavy (non-hydrogen) atoms. The van der Waals surface area contributed by atoms with Crippen molar-refractivity contribution in [3.8, 4) is 11.5 Å². The quantitative estimate of drug-likeness (QED) is 0.513. The maximum Gasteiger partial charge on any atom is 0.264 e. The number of nitrogens with zero attached hydrogens (tertiary/aromatic N) is 2. The average molecular weight is 451 g/mol. The van der Waals surface area contributed by atoms with Crippen molar-refractivity contribution in [1.82, 2.24) is 9.80 Å². The van der Waals surface area contributed by atoms with Crippen molar-refractivity contribution in [3.63, 3.8) is 0 Å². The highest BCUT2D eigenvalue weighted by molar-refractivity contribution is 7.12. The van der Waals surface area contributed by atoms with Crippen LogP contribution in [0.15, 0.2) is 53.9 Å². The minimum Gasteiger partial charge on any atom is -0.497 e. The summed E-state index contributed by atoms with van der Waals surface area (Å²) in [5, 5.41) is 2.02. The number of benzene rings is 2. The zero-order valence-corrected chi connectivity index (χ0v) is 19.8. The number of rotatable bonds is 7. The largest absolute Gasteiger partial charge is 0.497 e. The minimum absolute atomic E-state index is 0.119. The molecule has 0 radical (unpaired) electrons. The second kappa shape index (κ2) is 10.2. The first-order valence-corrected chi connectivity index (χ1v) is 11.8. The van der Waals surface area contributed by atoms with Crippen molar-refractivity contribution in [2.45, 2.75) is 27.0 Å². The fourth-order valence-electron chi connectivity index (χ4n) is 3.83. The van der Waals surface area contributed by atoms with Crippen LogP contribution in [-0.2, 0) is 13.2 Å². The van der Waals surface area contributed by atoms with Crippen molar-refractivity contribution >= 4 is 17.2 Å². The predicted molar refractivity (Wildman–Crippen MR) is 129 cm³/mol. The third-order valence-electron chi connectivity index (χ3n) is 5.95. The van der Waals surface area contributed by atoms with Gasteiger partial charge in [0.2, 0.25) is 0 Å². The number of thiophene rings is 1. The van der Waals surface area contributed by atoms with E-state index < -0.39 is 0 Å². The topological polar surface area (TPSA) is 42.0 Å². The first-order chi connectivity index (χ1) is 15.5. The lowest BCUT2D eigenvalue weighted by molar-refractivity contribution is 0.0633. The van der Waals surface area contributed by atoms with Gasteiger partial charge in [0.05, 0.1) is 12.0 Å². The van der Waals surface area contributed by atoms with Gasteiger partial charge in [-0.1, -0.05) is 18.2 Å². The molecule has 0 N–H and O–H groups in total. The van der Waals surface area contributed by atoms with E-state index in [2.05, 4.69) is 43.0 Å². The van der Waals surface area contributed by atoms with Crippen LogP contribution >= 0.6 is 11.3 Å². The molecule has 1 fully saturated rings. The molecule has 0 unspecified atom stereocenters. The van der Waals surface area contributed by atoms with E-state index in [1.165, 1.54) is 28.0 Å².